The number of nitrogens with zero attached hydrogens (tertiary/aromatic N) is 2. The molecule has 1 aromatic carbocycles. The van der Waals surface area contributed by atoms with Crippen molar-refractivity contribution in [2.24, 2.45) is 5.73 Å². The molecule has 0 aliphatic carbocycles. The number of rotatable bonds is 6. The highest BCUT2D eigenvalue weighted by Gasteiger charge is 2.07. The maximum atomic E-state index is 6.34. The minimum absolute atomic E-state index is 0.534. The van der Waals surface area contributed by atoms with Crippen molar-refractivity contribution in [3.8, 4) is 0 Å². The molecule has 26 heavy (non-hydrogen) atoms. The number of hydrogen-bond donors (Lipinski definition) is 2. The van der Waals surface area contributed by atoms with E-state index in [2.05, 4.69) is 28.8 Å². The van der Waals surface area contributed by atoms with Crippen LogP contribution in [-0.4, -0.2) is 9.97 Å². The van der Waals surface area contributed by atoms with Crippen molar-refractivity contribution in [1.82, 2.24) is 9.97 Å². The van der Waals surface area contributed by atoms with Gasteiger partial charge in [-0.05, 0) is 57.0 Å². The van der Waals surface area contributed by atoms with Gasteiger partial charge in [0.2, 0.25) is 5.95 Å². The van der Waals surface area contributed by atoms with Crippen LogP contribution in [0.1, 0.15) is 32.0 Å². The summed E-state index contributed by atoms with van der Waals surface area (Å²) in [6, 6.07) is 9.93. The lowest BCUT2D eigenvalue weighted by molar-refractivity contribution is 1.13. The quantitative estimate of drug-likeness (QED) is 0.697. The predicted octanol–water partition coefficient (Wildman–Crippen LogP) is 5.30. The van der Waals surface area contributed by atoms with Gasteiger partial charge in [-0.2, -0.15) is 0 Å². The lowest BCUT2D eigenvalue weighted by Gasteiger charge is -2.10. The van der Waals surface area contributed by atoms with Gasteiger partial charge in [-0.3, -0.25) is 0 Å². The highest BCUT2D eigenvalue weighted by atomic mass is 15.1. The Balaban J connectivity index is 2.32. The third kappa shape index (κ3) is 5.18. The van der Waals surface area contributed by atoms with Crippen LogP contribution in [-0.2, 0) is 0 Å². The molecule has 0 atom stereocenters. The first kappa shape index (κ1) is 19.2. The Bertz CT molecular complexity index is 867. The number of nitrogens with one attached hydrogen (secondary N) is 1. The Labute approximate surface area is 155 Å². The van der Waals surface area contributed by atoms with Crippen molar-refractivity contribution < 1.29 is 0 Å². The average Bonchev–Trinajstić information content (AvgIpc) is 2.63. The summed E-state index contributed by atoms with van der Waals surface area (Å²) in [6.07, 6.45) is 7.46. The number of benzene rings is 1. The molecule has 1 heterocycles. The summed E-state index contributed by atoms with van der Waals surface area (Å²) >= 11 is 0. The molecule has 134 valence electrons. The molecule has 0 spiro atoms. The summed E-state index contributed by atoms with van der Waals surface area (Å²) in [5.41, 5.74) is 12.9. The summed E-state index contributed by atoms with van der Waals surface area (Å²) in [4.78, 5) is 8.88. The zero-order valence-corrected chi connectivity index (χ0v) is 15.9. The molecule has 0 aliphatic heterocycles. The first-order valence-corrected chi connectivity index (χ1v) is 8.52. The lowest BCUT2D eigenvalue weighted by Crippen LogP contribution is -2.05. The highest BCUT2D eigenvalue weighted by Crippen LogP contribution is 2.21. The fourth-order valence-electron chi connectivity index (χ4n) is 2.27. The Morgan fingerprint density at radius 3 is 2.38 bits per heavy atom. The molecule has 0 bridgehead atoms. The molecular formula is C22H26N4. The summed E-state index contributed by atoms with van der Waals surface area (Å²) < 4.78 is 0. The molecule has 2 aromatic rings. The van der Waals surface area contributed by atoms with Crippen molar-refractivity contribution in [1.29, 1.82) is 0 Å². The summed E-state index contributed by atoms with van der Waals surface area (Å²) in [5, 5.41) is 3.22. The first-order chi connectivity index (χ1) is 12.4. The van der Waals surface area contributed by atoms with E-state index < -0.39 is 0 Å². The average molecular weight is 346 g/mol. The standard InChI is InChI=1S/C22H26N4/c1-6-18(10-7-15(2)3)21(23)17(5)20-13-14-24-22(26-20)25-19-11-8-16(4)9-12-19/h6-14H,1,23H2,2-5H3,(H,24,25,26)/b18-10+,21-17+. The maximum Gasteiger partial charge on any atom is 0.227 e. The van der Waals surface area contributed by atoms with E-state index in [0.29, 0.717) is 11.6 Å². The van der Waals surface area contributed by atoms with E-state index in [-0.39, 0.29) is 0 Å². The minimum Gasteiger partial charge on any atom is -0.398 e. The van der Waals surface area contributed by atoms with E-state index in [1.54, 1.807) is 12.3 Å². The zero-order chi connectivity index (χ0) is 19.1. The van der Waals surface area contributed by atoms with Gasteiger partial charge in [0.15, 0.2) is 0 Å². The number of hydrogen-bond acceptors (Lipinski definition) is 4. The van der Waals surface area contributed by atoms with E-state index >= 15 is 0 Å². The predicted molar refractivity (Wildman–Crippen MR) is 111 cm³/mol. The van der Waals surface area contributed by atoms with Crippen molar-refractivity contribution in [2.45, 2.75) is 27.7 Å². The lowest BCUT2D eigenvalue weighted by atomic mass is 10.0. The van der Waals surface area contributed by atoms with Gasteiger partial charge in [-0.15, -0.1) is 0 Å². The number of nitrogens with two attached hydrogens (primary N) is 1. The number of allylic oxidation sites excluding steroid dienone is 5. The van der Waals surface area contributed by atoms with Gasteiger partial charge in [0.05, 0.1) is 5.69 Å². The topological polar surface area (TPSA) is 63.8 Å². The highest BCUT2D eigenvalue weighted by molar-refractivity contribution is 5.70. The van der Waals surface area contributed by atoms with Gasteiger partial charge in [0, 0.05) is 17.6 Å². The largest absolute Gasteiger partial charge is 0.398 e. The van der Waals surface area contributed by atoms with Crippen molar-refractivity contribution in [3.63, 3.8) is 0 Å². The molecule has 1 aromatic heterocycles. The van der Waals surface area contributed by atoms with E-state index in [4.69, 9.17) is 5.73 Å². The SMILES string of the molecule is C=CC(=C\C=C(C)C)/C(N)=C(/C)c1ccnc(Nc2ccc(C)cc2)n1. The van der Waals surface area contributed by atoms with Crippen molar-refractivity contribution in [3.05, 3.63) is 89.4 Å². The van der Waals surface area contributed by atoms with Crippen LogP contribution in [0.5, 0.6) is 0 Å². The van der Waals surface area contributed by atoms with E-state index in [0.717, 1.165) is 22.5 Å². The number of aromatic nitrogens is 2. The molecule has 0 aliphatic rings. The van der Waals surface area contributed by atoms with Gasteiger partial charge < -0.3 is 11.1 Å². The number of aryl methyl sites for hydroxylation is 1. The van der Waals surface area contributed by atoms with Gasteiger partial charge >= 0.3 is 0 Å². The van der Waals surface area contributed by atoms with Crippen molar-refractivity contribution >= 4 is 17.2 Å². The molecule has 0 saturated heterocycles. The molecule has 0 amide bonds. The molecular weight excluding hydrogens is 320 g/mol. The van der Waals surface area contributed by atoms with Crippen LogP contribution in [0, 0.1) is 6.92 Å². The number of anilines is 2. The second-order valence-electron chi connectivity index (χ2n) is 6.37. The van der Waals surface area contributed by atoms with Gasteiger partial charge in [0.25, 0.3) is 0 Å². The first-order valence-electron chi connectivity index (χ1n) is 8.52. The molecule has 0 fully saturated rings. The Morgan fingerprint density at radius 1 is 1.08 bits per heavy atom. The molecule has 2 rings (SSSR count). The molecule has 0 radical (unpaired) electrons. The summed E-state index contributed by atoms with van der Waals surface area (Å²) in [5.74, 6) is 0.534. The second kappa shape index (κ2) is 8.81. The van der Waals surface area contributed by atoms with Crippen LogP contribution >= 0.6 is 0 Å². The van der Waals surface area contributed by atoms with E-state index in [1.807, 2.05) is 63.3 Å². The molecule has 4 nitrogen and oxygen atoms in total. The van der Waals surface area contributed by atoms with Gasteiger partial charge in [-0.1, -0.05) is 48.1 Å². The zero-order valence-electron chi connectivity index (χ0n) is 15.9. The second-order valence-corrected chi connectivity index (χ2v) is 6.37. The van der Waals surface area contributed by atoms with Crippen LogP contribution in [0.25, 0.3) is 5.57 Å². The normalized spacial score (nSPS) is 12.2. The van der Waals surface area contributed by atoms with E-state index in [9.17, 15) is 0 Å². The molecule has 4 heteroatoms. The molecule has 0 unspecified atom stereocenters. The van der Waals surface area contributed by atoms with Crippen LogP contribution in [0.15, 0.2) is 78.2 Å². The van der Waals surface area contributed by atoms with Crippen LogP contribution in [0.2, 0.25) is 0 Å². The smallest absolute Gasteiger partial charge is 0.227 e. The Kier molecular flexibility index (Phi) is 6.50. The maximum absolute atomic E-state index is 6.34. The van der Waals surface area contributed by atoms with Crippen LogP contribution in [0.4, 0.5) is 11.6 Å². The molecule has 0 saturated carbocycles. The third-order valence-electron chi connectivity index (χ3n) is 3.88. The summed E-state index contributed by atoms with van der Waals surface area (Å²) in [6.45, 7) is 11.9. The summed E-state index contributed by atoms with van der Waals surface area (Å²) in [7, 11) is 0. The minimum atomic E-state index is 0.534. The van der Waals surface area contributed by atoms with Gasteiger partial charge in [-0.25, -0.2) is 9.97 Å². The van der Waals surface area contributed by atoms with E-state index in [1.165, 1.54) is 11.1 Å². The molecule has 3 N–H and O–H groups in total. The Morgan fingerprint density at radius 2 is 1.77 bits per heavy atom. The fraction of sp³-hybridized carbons (Fsp3) is 0.182. The van der Waals surface area contributed by atoms with Crippen molar-refractivity contribution in [2.75, 3.05) is 5.32 Å². The monoisotopic (exact) mass is 346 g/mol. The van der Waals surface area contributed by atoms with Crippen LogP contribution in [0.3, 0.4) is 0 Å². The van der Waals surface area contributed by atoms with Crippen LogP contribution < -0.4 is 11.1 Å². The Hall–Kier alpha value is -3.14. The fourth-order valence-corrected chi connectivity index (χ4v) is 2.27. The van der Waals surface area contributed by atoms with Gasteiger partial charge in [0.1, 0.15) is 0 Å². The third-order valence-corrected chi connectivity index (χ3v) is 3.88.